The number of ether oxygens (including phenoxy) is 2. The summed E-state index contributed by atoms with van der Waals surface area (Å²) >= 11 is 6.02. The molecule has 0 spiro atoms. The molecule has 3 fully saturated rings. The van der Waals surface area contributed by atoms with Gasteiger partial charge in [-0.1, -0.05) is 29.5 Å². The number of amides is 1. The second kappa shape index (κ2) is 7.71. The third-order valence-electron chi connectivity index (χ3n) is 5.85. The molecule has 0 bridgehead atoms. The van der Waals surface area contributed by atoms with Crippen molar-refractivity contribution in [2.24, 2.45) is 5.92 Å². The number of aliphatic hydroxyl groups is 1. The molecule has 2 heterocycles. The predicted octanol–water partition coefficient (Wildman–Crippen LogP) is 3.22. The Balaban J connectivity index is 1.48. The zero-order chi connectivity index (χ0) is 18.9. The second-order valence-corrected chi connectivity index (χ2v) is 8.04. The molecule has 144 valence electrons. The summed E-state index contributed by atoms with van der Waals surface area (Å²) in [4.78, 5) is 14.4. The quantitative estimate of drug-likeness (QED) is 0.749. The van der Waals surface area contributed by atoms with Gasteiger partial charge in [-0.15, -0.1) is 0 Å². The molecule has 1 aromatic carbocycles. The number of benzene rings is 1. The van der Waals surface area contributed by atoms with Gasteiger partial charge in [-0.2, -0.15) is 0 Å². The van der Waals surface area contributed by atoms with E-state index in [9.17, 15) is 9.90 Å². The topological polar surface area (TPSA) is 59.0 Å². The summed E-state index contributed by atoms with van der Waals surface area (Å²) in [6.07, 6.45) is 3.39. The van der Waals surface area contributed by atoms with Gasteiger partial charge < -0.3 is 19.5 Å². The first-order valence-corrected chi connectivity index (χ1v) is 9.99. The normalized spacial score (nSPS) is 32.5. The Labute approximate surface area is 164 Å². The molecule has 2 aliphatic heterocycles. The largest absolute Gasteiger partial charge is 0.444 e. The minimum absolute atomic E-state index is 0.0211. The van der Waals surface area contributed by atoms with Crippen LogP contribution < -0.4 is 0 Å². The number of hydrogen-bond donors (Lipinski definition) is 1. The molecule has 4 atom stereocenters. The summed E-state index contributed by atoms with van der Waals surface area (Å²) in [5.74, 6) is 6.12. The van der Waals surface area contributed by atoms with Crippen molar-refractivity contribution < 1.29 is 19.4 Å². The average molecular weight is 390 g/mol. The van der Waals surface area contributed by atoms with Crippen molar-refractivity contribution in [3.63, 3.8) is 0 Å². The number of likely N-dealkylation sites (tertiary alicyclic amines) is 1. The van der Waals surface area contributed by atoms with E-state index in [-0.39, 0.29) is 24.2 Å². The summed E-state index contributed by atoms with van der Waals surface area (Å²) in [6, 6.07) is 7.30. The van der Waals surface area contributed by atoms with Crippen LogP contribution >= 0.6 is 11.6 Å². The van der Waals surface area contributed by atoms with Crippen LogP contribution in [0.2, 0.25) is 5.02 Å². The first-order valence-electron chi connectivity index (χ1n) is 9.61. The third-order valence-corrected chi connectivity index (χ3v) is 6.09. The van der Waals surface area contributed by atoms with E-state index >= 15 is 0 Å². The number of carbonyl (C=O) groups excluding carboxylic acids is 1. The smallest absolute Gasteiger partial charge is 0.410 e. The standard InChI is InChI=1S/C21H24ClNO4/c22-16-4-1-3-15(13-16)6-10-21(25)9-2-5-19-18(21)7-11-23(19)20(24)27-17-8-12-26-14-17/h1,3-4,13,17-19,25H,2,5,7-9,11-12,14H2. The molecule has 0 aromatic heterocycles. The number of halogens is 1. The van der Waals surface area contributed by atoms with Gasteiger partial charge in [-0.05, 0) is 43.9 Å². The van der Waals surface area contributed by atoms with Crippen LogP contribution in [0.4, 0.5) is 4.79 Å². The SMILES string of the molecule is O=C(OC1CCOC1)N1CCC2C1CCCC2(O)C#Cc1cccc(Cl)c1. The van der Waals surface area contributed by atoms with E-state index in [4.69, 9.17) is 21.1 Å². The number of rotatable bonds is 1. The molecule has 0 radical (unpaired) electrons. The number of hydrogen-bond acceptors (Lipinski definition) is 4. The van der Waals surface area contributed by atoms with Crippen molar-refractivity contribution in [3.05, 3.63) is 34.9 Å². The summed E-state index contributed by atoms with van der Waals surface area (Å²) < 4.78 is 10.9. The Morgan fingerprint density at radius 3 is 3.04 bits per heavy atom. The minimum atomic E-state index is -1.09. The molecule has 5 nitrogen and oxygen atoms in total. The third kappa shape index (κ3) is 3.94. The maximum Gasteiger partial charge on any atom is 0.410 e. The summed E-state index contributed by atoms with van der Waals surface area (Å²) in [7, 11) is 0. The Morgan fingerprint density at radius 1 is 1.37 bits per heavy atom. The molecule has 27 heavy (non-hydrogen) atoms. The van der Waals surface area contributed by atoms with E-state index in [1.165, 1.54) is 0 Å². The molecular formula is C21H24ClNO4. The van der Waals surface area contributed by atoms with E-state index < -0.39 is 5.60 Å². The molecule has 1 N–H and O–H groups in total. The zero-order valence-electron chi connectivity index (χ0n) is 15.2. The fraction of sp³-hybridized carbons (Fsp3) is 0.571. The summed E-state index contributed by atoms with van der Waals surface area (Å²) in [5.41, 5.74) is -0.301. The van der Waals surface area contributed by atoms with E-state index in [0.29, 0.717) is 31.2 Å². The Morgan fingerprint density at radius 2 is 2.26 bits per heavy atom. The molecule has 4 unspecified atom stereocenters. The highest BCUT2D eigenvalue weighted by Gasteiger charge is 2.50. The Hall–Kier alpha value is -1.74. The van der Waals surface area contributed by atoms with Crippen molar-refractivity contribution >= 4 is 17.7 Å². The van der Waals surface area contributed by atoms with Gasteiger partial charge in [0.25, 0.3) is 0 Å². The van der Waals surface area contributed by atoms with Crippen molar-refractivity contribution in [1.29, 1.82) is 0 Å². The van der Waals surface area contributed by atoms with Crippen LogP contribution in [0.25, 0.3) is 0 Å². The summed E-state index contributed by atoms with van der Waals surface area (Å²) in [5, 5.41) is 11.9. The van der Waals surface area contributed by atoms with Crippen molar-refractivity contribution in [2.45, 2.75) is 49.9 Å². The van der Waals surface area contributed by atoms with Gasteiger partial charge in [-0.25, -0.2) is 4.79 Å². The van der Waals surface area contributed by atoms with Gasteiger partial charge in [0.2, 0.25) is 0 Å². The highest BCUT2D eigenvalue weighted by molar-refractivity contribution is 6.30. The number of nitrogens with zero attached hydrogens (tertiary/aromatic N) is 1. The van der Waals surface area contributed by atoms with Crippen LogP contribution in [0.3, 0.4) is 0 Å². The van der Waals surface area contributed by atoms with E-state index in [1.807, 2.05) is 12.1 Å². The second-order valence-electron chi connectivity index (χ2n) is 7.60. The van der Waals surface area contributed by atoms with Crippen LogP contribution in [-0.4, -0.2) is 53.6 Å². The average Bonchev–Trinajstić information content (AvgIpc) is 3.30. The van der Waals surface area contributed by atoms with Gasteiger partial charge >= 0.3 is 6.09 Å². The fourth-order valence-corrected chi connectivity index (χ4v) is 4.67. The molecule has 4 rings (SSSR count). The van der Waals surface area contributed by atoms with Crippen molar-refractivity contribution in [2.75, 3.05) is 19.8 Å². The van der Waals surface area contributed by atoms with Gasteiger partial charge in [0.1, 0.15) is 11.7 Å². The fourth-order valence-electron chi connectivity index (χ4n) is 4.48. The molecule has 1 amide bonds. The highest BCUT2D eigenvalue weighted by atomic mass is 35.5. The monoisotopic (exact) mass is 389 g/mol. The van der Waals surface area contributed by atoms with Crippen LogP contribution in [0.5, 0.6) is 0 Å². The van der Waals surface area contributed by atoms with E-state index in [1.54, 1.807) is 17.0 Å². The van der Waals surface area contributed by atoms with Crippen LogP contribution in [0, 0.1) is 17.8 Å². The lowest BCUT2D eigenvalue weighted by molar-refractivity contribution is -0.0181. The molecule has 1 aliphatic carbocycles. The maximum absolute atomic E-state index is 12.6. The maximum atomic E-state index is 12.6. The molecule has 1 aromatic rings. The van der Waals surface area contributed by atoms with Crippen LogP contribution in [0.1, 0.15) is 37.7 Å². The molecule has 6 heteroatoms. The molecule has 3 aliphatic rings. The number of carbonyl (C=O) groups is 1. The van der Waals surface area contributed by atoms with Gasteiger partial charge in [-0.3, -0.25) is 0 Å². The van der Waals surface area contributed by atoms with Gasteiger partial charge in [0.05, 0.1) is 13.2 Å². The van der Waals surface area contributed by atoms with Gasteiger partial charge in [0, 0.05) is 35.5 Å². The van der Waals surface area contributed by atoms with E-state index in [0.717, 1.165) is 31.2 Å². The summed E-state index contributed by atoms with van der Waals surface area (Å²) in [6.45, 7) is 1.72. The molecular weight excluding hydrogens is 366 g/mol. The van der Waals surface area contributed by atoms with E-state index in [2.05, 4.69) is 11.8 Å². The Kier molecular flexibility index (Phi) is 5.32. The lowest BCUT2D eigenvalue weighted by Gasteiger charge is -2.40. The zero-order valence-corrected chi connectivity index (χ0v) is 16.0. The first-order chi connectivity index (χ1) is 13.0. The van der Waals surface area contributed by atoms with Crippen molar-refractivity contribution in [1.82, 2.24) is 4.90 Å². The first kappa shape index (κ1) is 18.6. The Bertz CT molecular complexity index is 767. The van der Waals surface area contributed by atoms with Crippen LogP contribution in [0.15, 0.2) is 24.3 Å². The molecule has 1 saturated carbocycles. The van der Waals surface area contributed by atoms with Crippen molar-refractivity contribution in [3.8, 4) is 11.8 Å². The lowest BCUT2D eigenvalue weighted by Crippen LogP contribution is -2.50. The highest BCUT2D eigenvalue weighted by Crippen LogP contribution is 2.43. The molecule has 2 saturated heterocycles. The predicted molar refractivity (Wildman–Crippen MR) is 101 cm³/mol. The van der Waals surface area contributed by atoms with Gasteiger partial charge in [0.15, 0.2) is 0 Å². The minimum Gasteiger partial charge on any atom is -0.444 e. The number of fused-ring (bicyclic) bond motifs is 1. The van der Waals surface area contributed by atoms with Crippen LogP contribution in [-0.2, 0) is 9.47 Å². The lowest BCUT2D eigenvalue weighted by atomic mass is 9.73.